The number of nitrogens with zero attached hydrogens (tertiary/aromatic N) is 1. The van der Waals surface area contributed by atoms with Gasteiger partial charge < -0.3 is 9.79 Å². The Hall–Kier alpha value is -1.26. The molecule has 1 heterocycles. The predicted octanol–water partition coefficient (Wildman–Crippen LogP) is 4.42. The molecule has 110 valence electrons. The maximum Gasteiger partial charge on any atom is 0.165 e. The number of halogens is 2. The largest absolute Gasteiger partial charge is 0.340 e. The Kier molecular flexibility index (Phi) is 4.09. The van der Waals surface area contributed by atoms with Crippen LogP contribution >= 0.6 is 23.2 Å². The Morgan fingerprint density at radius 1 is 1.19 bits per heavy atom. The van der Waals surface area contributed by atoms with Crippen molar-refractivity contribution in [2.75, 3.05) is 13.6 Å². The highest BCUT2D eigenvalue weighted by atomic mass is 35.5. The first-order valence-electron chi connectivity index (χ1n) is 6.66. The molecule has 1 unspecified atom stereocenters. The lowest BCUT2D eigenvalue weighted by molar-refractivity contribution is -0.137. The monoisotopic (exact) mass is 323 g/mol. The lowest BCUT2D eigenvalue weighted by Crippen LogP contribution is -2.31. The van der Waals surface area contributed by atoms with E-state index in [1.54, 1.807) is 18.2 Å². The zero-order valence-corrected chi connectivity index (χ0v) is 13.0. The lowest BCUT2D eigenvalue weighted by Gasteiger charge is -2.33. The van der Waals surface area contributed by atoms with E-state index in [0.29, 0.717) is 15.8 Å². The molecule has 1 N–H and O–H groups in total. The molecule has 1 aliphatic heterocycles. The summed E-state index contributed by atoms with van der Waals surface area (Å²) in [7, 11) is 2.08. The number of benzene rings is 2. The van der Waals surface area contributed by atoms with Gasteiger partial charge >= 0.3 is 0 Å². The molecule has 0 saturated heterocycles. The van der Waals surface area contributed by atoms with Crippen molar-refractivity contribution < 1.29 is 10.1 Å². The maximum absolute atomic E-state index is 8.67. The van der Waals surface area contributed by atoms with Crippen LogP contribution in [0.5, 0.6) is 5.75 Å². The van der Waals surface area contributed by atoms with Crippen molar-refractivity contribution in [3.8, 4) is 5.75 Å². The molecule has 0 fully saturated rings. The third-order valence-electron chi connectivity index (χ3n) is 3.88. The molecule has 3 rings (SSSR count). The van der Waals surface area contributed by atoms with Gasteiger partial charge in [0, 0.05) is 29.1 Å². The third kappa shape index (κ3) is 2.87. The number of rotatable bonds is 2. The van der Waals surface area contributed by atoms with Crippen LogP contribution in [-0.4, -0.2) is 23.7 Å². The molecule has 21 heavy (non-hydrogen) atoms. The van der Waals surface area contributed by atoms with Crippen LogP contribution in [-0.2, 0) is 6.54 Å². The number of likely N-dealkylation sites (N-methyl/N-ethyl adjacent to an activating group) is 1. The Labute approximate surface area is 133 Å². The van der Waals surface area contributed by atoms with Crippen LogP contribution in [0.25, 0.3) is 0 Å². The Balaban J connectivity index is 2.07. The number of hydrogen-bond acceptors (Lipinski definition) is 3. The third-order valence-corrected chi connectivity index (χ3v) is 4.44. The maximum atomic E-state index is 8.67. The second-order valence-corrected chi connectivity index (χ2v) is 6.21. The summed E-state index contributed by atoms with van der Waals surface area (Å²) < 4.78 is 0. The fourth-order valence-electron chi connectivity index (χ4n) is 2.89. The average molecular weight is 324 g/mol. The van der Waals surface area contributed by atoms with Gasteiger partial charge in [-0.3, -0.25) is 0 Å². The molecule has 0 bridgehead atoms. The predicted molar refractivity (Wildman–Crippen MR) is 84.3 cm³/mol. The van der Waals surface area contributed by atoms with E-state index in [-0.39, 0.29) is 5.92 Å². The average Bonchev–Trinajstić information content (AvgIpc) is 2.47. The molecule has 0 saturated carbocycles. The SMILES string of the molecule is CN1Cc2c(Cl)cc(Cl)cc2C(c2ccc(OO)cc2)C1. The van der Waals surface area contributed by atoms with Crippen molar-refractivity contribution in [3.63, 3.8) is 0 Å². The van der Waals surface area contributed by atoms with Crippen LogP contribution in [0.1, 0.15) is 22.6 Å². The molecule has 2 aromatic rings. The first kappa shape index (κ1) is 14.7. The molecule has 2 aromatic carbocycles. The summed E-state index contributed by atoms with van der Waals surface area (Å²) in [6.07, 6.45) is 0. The van der Waals surface area contributed by atoms with E-state index in [0.717, 1.165) is 24.2 Å². The van der Waals surface area contributed by atoms with E-state index < -0.39 is 0 Å². The minimum atomic E-state index is 0.197. The number of hydrogen-bond donors (Lipinski definition) is 1. The normalized spacial score (nSPS) is 18.4. The van der Waals surface area contributed by atoms with Crippen molar-refractivity contribution in [1.82, 2.24) is 4.90 Å². The van der Waals surface area contributed by atoms with Gasteiger partial charge in [0.15, 0.2) is 5.75 Å². The molecule has 0 amide bonds. The first-order valence-corrected chi connectivity index (χ1v) is 7.42. The highest BCUT2D eigenvalue weighted by molar-refractivity contribution is 6.35. The summed E-state index contributed by atoms with van der Waals surface area (Å²) in [6, 6.07) is 11.2. The molecule has 0 radical (unpaired) electrons. The molecule has 1 atom stereocenters. The van der Waals surface area contributed by atoms with Crippen molar-refractivity contribution in [3.05, 3.63) is 63.1 Å². The van der Waals surface area contributed by atoms with Crippen molar-refractivity contribution in [1.29, 1.82) is 0 Å². The summed E-state index contributed by atoms with van der Waals surface area (Å²) >= 11 is 12.5. The van der Waals surface area contributed by atoms with E-state index in [1.807, 2.05) is 18.2 Å². The van der Waals surface area contributed by atoms with Gasteiger partial charge in [0.1, 0.15) is 0 Å². The van der Waals surface area contributed by atoms with E-state index in [2.05, 4.69) is 16.8 Å². The molecular weight excluding hydrogens is 309 g/mol. The molecule has 3 nitrogen and oxygen atoms in total. The Morgan fingerprint density at radius 3 is 2.57 bits per heavy atom. The van der Waals surface area contributed by atoms with Crippen LogP contribution in [0.3, 0.4) is 0 Å². The van der Waals surface area contributed by atoms with Gasteiger partial charge in [-0.25, -0.2) is 5.26 Å². The van der Waals surface area contributed by atoms with Crippen LogP contribution in [0.4, 0.5) is 0 Å². The van der Waals surface area contributed by atoms with Gasteiger partial charge in [-0.05, 0) is 48.0 Å². The van der Waals surface area contributed by atoms with E-state index >= 15 is 0 Å². The zero-order chi connectivity index (χ0) is 15.0. The van der Waals surface area contributed by atoms with Gasteiger partial charge in [0.25, 0.3) is 0 Å². The summed E-state index contributed by atoms with van der Waals surface area (Å²) in [5.41, 5.74) is 3.44. The smallest absolute Gasteiger partial charge is 0.165 e. The molecule has 5 heteroatoms. The molecule has 1 aliphatic rings. The van der Waals surface area contributed by atoms with Crippen LogP contribution < -0.4 is 4.89 Å². The van der Waals surface area contributed by atoms with Crippen molar-refractivity contribution in [2.24, 2.45) is 0 Å². The van der Waals surface area contributed by atoms with Gasteiger partial charge in [0.2, 0.25) is 0 Å². The minimum Gasteiger partial charge on any atom is -0.340 e. The molecule has 0 spiro atoms. The summed E-state index contributed by atoms with van der Waals surface area (Å²) in [4.78, 5) is 6.47. The Morgan fingerprint density at radius 2 is 1.90 bits per heavy atom. The minimum absolute atomic E-state index is 0.197. The van der Waals surface area contributed by atoms with E-state index in [1.165, 1.54) is 5.56 Å². The molecule has 0 aromatic heterocycles. The first-order chi connectivity index (χ1) is 10.1. The fourth-order valence-corrected chi connectivity index (χ4v) is 3.46. The zero-order valence-electron chi connectivity index (χ0n) is 11.5. The van der Waals surface area contributed by atoms with Crippen molar-refractivity contribution in [2.45, 2.75) is 12.5 Å². The summed E-state index contributed by atoms with van der Waals surface area (Å²) in [5, 5.41) is 10.0. The second kappa shape index (κ2) is 5.85. The fraction of sp³-hybridized carbons (Fsp3) is 0.250. The van der Waals surface area contributed by atoms with Gasteiger partial charge in [-0.1, -0.05) is 35.3 Å². The highest BCUT2D eigenvalue weighted by Gasteiger charge is 2.27. The highest BCUT2D eigenvalue weighted by Crippen LogP contribution is 2.38. The molecular formula is C16H15Cl2NO2. The van der Waals surface area contributed by atoms with Gasteiger partial charge in [-0.15, -0.1) is 0 Å². The summed E-state index contributed by atoms with van der Waals surface area (Å²) in [5.74, 6) is 0.620. The van der Waals surface area contributed by atoms with Crippen LogP contribution in [0.2, 0.25) is 10.0 Å². The number of fused-ring (bicyclic) bond motifs is 1. The topological polar surface area (TPSA) is 32.7 Å². The van der Waals surface area contributed by atoms with Gasteiger partial charge in [0.05, 0.1) is 0 Å². The molecule has 0 aliphatic carbocycles. The lowest BCUT2D eigenvalue weighted by atomic mass is 9.85. The van der Waals surface area contributed by atoms with Crippen molar-refractivity contribution >= 4 is 23.2 Å². The standard InChI is InChI=1S/C16H15Cl2NO2/c1-19-8-14(10-2-4-12(21-20)5-3-10)13-6-11(17)7-16(18)15(13)9-19/h2-7,14,20H,8-9H2,1H3. The van der Waals surface area contributed by atoms with Gasteiger partial charge in [-0.2, -0.15) is 0 Å². The van der Waals surface area contributed by atoms with E-state index in [9.17, 15) is 0 Å². The quantitative estimate of drug-likeness (QED) is 0.655. The van der Waals surface area contributed by atoms with Crippen LogP contribution in [0, 0.1) is 0 Å². The summed E-state index contributed by atoms with van der Waals surface area (Å²) in [6.45, 7) is 1.71. The van der Waals surface area contributed by atoms with E-state index in [4.69, 9.17) is 28.5 Å². The Bertz CT molecular complexity index is 658. The van der Waals surface area contributed by atoms with Crippen LogP contribution in [0.15, 0.2) is 36.4 Å². The second-order valence-electron chi connectivity index (χ2n) is 5.37.